The zero-order valence-electron chi connectivity index (χ0n) is 19.3. The Bertz CT molecular complexity index is 1100. The van der Waals surface area contributed by atoms with Crippen molar-refractivity contribution in [3.8, 4) is 0 Å². The van der Waals surface area contributed by atoms with Crippen LogP contribution in [0.15, 0.2) is 60.9 Å². The monoisotopic (exact) mass is 430 g/mol. The van der Waals surface area contributed by atoms with Crippen LogP contribution >= 0.6 is 0 Å². The topological polar surface area (TPSA) is 60.2 Å². The number of hydrogen-bond donors (Lipinski definition) is 3. The lowest BCUT2D eigenvalue weighted by Gasteiger charge is -2.34. The third-order valence-electron chi connectivity index (χ3n) is 6.64. The van der Waals surface area contributed by atoms with E-state index in [9.17, 15) is 4.79 Å². The molecular weight excluding hydrogens is 396 g/mol. The molecule has 0 saturated heterocycles. The number of nitrogens with zero attached hydrogens (tertiary/aromatic N) is 1. The van der Waals surface area contributed by atoms with E-state index in [1.807, 2.05) is 36.4 Å². The molecule has 1 aromatic heterocycles. The number of benzene rings is 2. The lowest BCUT2D eigenvalue weighted by molar-refractivity contribution is 0.244. The minimum Gasteiger partial charge on any atom is -0.375 e. The molecule has 1 aliphatic heterocycles. The summed E-state index contributed by atoms with van der Waals surface area (Å²) >= 11 is 0. The van der Waals surface area contributed by atoms with Gasteiger partial charge in [0.05, 0.1) is 0 Å². The molecule has 4 rings (SSSR count). The van der Waals surface area contributed by atoms with Crippen molar-refractivity contribution in [1.82, 2.24) is 9.88 Å². The summed E-state index contributed by atoms with van der Waals surface area (Å²) in [5.74, 6) is 0.384. The van der Waals surface area contributed by atoms with Crippen LogP contribution in [0.5, 0.6) is 0 Å². The molecule has 168 valence electrons. The molecule has 0 saturated carbocycles. The highest BCUT2D eigenvalue weighted by molar-refractivity contribution is 6.01. The van der Waals surface area contributed by atoms with E-state index < -0.39 is 0 Å². The van der Waals surface area contributed by atoms with Gasteiger partial charge in [-0.2, -0.15) is 0 Å². The highest BCUT2D eigenvalue weighted by Gasteiger charge is 2.21. The average molecular weight is 431 g/mol. The van der Waals surface area contributed by atoms with Crippen molar-refractivity contribution in [2.75, 3.05) is 17.2 Å². The Morgan fingerprint density at radius 3 is 2.66 bits per heavy atom. The number of allylic oxidation sites excluding steroid dienone is 1. The zero-order chi connectivity index (χ0) is 22.5. The van der Waals surface area contributed by atoms with Crippen molar-refractivity contribution in [3.63, 3.8) is 0 Å². The number of amides is 2. The smallest absolute Gasteiger partial charge is 0.323 e. The summed E-state index contributed by atoms with van der Waals surface area (Å²) in [6, 6.07) is 14.4. The summed E-state index contributed by atoms with van der Waals surface area (Å²) in [7, 11) is 0. The van der Waals surface area contributed by atoms with E-state index in [-0.39, 0.29) is 6.03 Å². The van der Waals surface area contributed by atoms with Crippen LogP contribution in [0.3, 0.4) is 0 Å². The molecule has 2 amide bonds. The van der Waals surface area contributed by atoms with Gasteiger partial charge in [-0.15, -0.1) is 0 Å². The number of para-hydroxylation sites is 1. The first-order chi connectivity index (χ1) is 15.6. The summed E-state index contributed by atoms with van der Waals surface area (Å²) in [6.07, 6.45) is 11.1. The summed E-state index contributed by atoms with van der Waals surface area (Å²) in [5.41, 5.74) is 5.16. The molecular formula is C27H34N4O. The number of fused-ring (bicyclic) bond motifs is 1. The van der Waals surface area contributed by atoms with Crippen molar-refractivity contribution in [3.05, 3.63) is 72.1 Å². The highest BCUT2D eigenvalue weighted by Crippen LogP contribution is 2.33. The molecule has 0 spiro atoms. The Morgan fingerprint density at radius 2 is 1.94 bits per heavy atom. The molecule has 32 heavy (non-hydrogen) atoms. The minimum atomic E-state index is -0.222. The third kappa shape index (κ3) is 4.67. The summed E-state index contributed by atoms with van der Waals surface area (Å²) in [4.78, 5) is 18.5. The number of rotatable bonds is 7. The fraction of sp³-hybridized carbons (Fsp3) is 0.370. The van der Waals surface area contributed by atoms with Crippen LogP contribution in [0, 0.1) is 0 Å². The Balaban J connectivity index is 1.49. The van der Waals surface area contributed by atoms with Gasteiger partial charge < -0.3 is 20.5 Å². The average Bonchev–Trinajstić information content (AvgIpc) is 3.24. The molecule has 1 unspecified atom stereocenters. The summed E-state index contributed by atoms with van der Waals surface area (Å²) in [6.45, 7) is 7.69. The van der Waals surface area contributed by atoms with Crippen molar-refractivity contribution in [2.24, 2.45) is 0 Å². The molecule has 2 heterocycles. The van der Waals surface area contributed by atoms with Crippen LogP contribution in [0.1, 0.15) is 57.1 Å². The Kier molecular flexibility index (Phi) is 6.84. The van der Waals surface area contributed by atoms with Crippen LogP contribution in [0.25, 0.3) is 10.9 Å². The maximum Gasteiger partial charge on any atom is 0.323 e. The van der Waals surface area contributed by atoms with Crippen LogP contribution in [0.4, 0.5) is 16.2 Å². The third-order valence-corrected chi connectivity index (χ3v) is 6.64. The number of carbonyl (C=O) groups excluding carboxylic acids is 1. The van der Waals surface area contributed by atoms with E-state index >= 15 is 0 Å². The molecule has 0 radical (unpaired) electrons. The largest absolute Gasteiger partial charge is 0.375 e. The van der Waals surface area contributed by atoms with E-state index in [1.54, 1.807) is 0 Å². The summed E-state index contributed by atoms with van der Waals surface area (Å²) in [5, 5.41) is 7.15. The Hall–Kier alpha value is -3.21. The second kappa shape index (κ2) is 9.94. The number of H-pyrrole nitrogens is 1. The quantitative estimate of drug-likeness (QED) is 0.383. The van der Waals surface area contributed by atoms with Gasteiger partial charge in [0.15, 0.2) is 0 Å². The van der Waals surface area contributed by atoms with Gasteiger partial charge in [-0.1, -0.05) is 45.0 Å². The molecule has 0 bridgehead atoms. The van der Waals surface area contributed by atoms with Crippen LogP contribution < -0.4 is 10.6 Å². The highest BCUT2D eigenvalue weighted by atomic mass is 16.2. The lowest BCUT2D eigenvalue weighted by Crippen LogP contribution is -2.33. The Labute approximate surface area is 190 Å². The molecule has 0 fully saturated rings. The van der Waals surface area contributed by atoms with E-state index in [4.69, 9.17) is 0 Å². The number of aryl methyl sites for hydroxylation is 1. The van der Waals surface area contributed by atoms with Crippen molar-refractivity contribution < 1.29 is 4.79 Å². The minimum absolute atomic E-state index is 0.222. The Morgan fingerprint density at radius 1 is 1.12 bits per heavy atom. The predicted octanol–water partition coefficient (Wildman–Crippen LogP) is 6.87. The number of aromatic nitrogens is 1. The maximum absolute atomic E-state index is 12.6. The molecule has 5 heteroatoms. The molecule has 1 atom stereocenters. The number of aromatic amines is 1. The van der Waals surface area contributed by atoms with Gasteiger partial charge in [0, 0.05) is 47.0 Å². The van der Waals surface area contributed by atoms with Gasteiger partial charge in [0.2, 0.25) is 0 Å². The van der Waals surface area contributed by atoms with Crippen LogP contribution in [-0.2, 0) is 6.42 Å². The van der Waals surface area contributed by atoms with Crippen molar-refractivity contribution in [1.29, 1.82) is 0 Å². The number of carbonyl (C=O) groups is 1. The standard InChI is InChI=1S/C27H34N4O/c1-4-19-9-7-8-10-25(19)30-27(32)29-21-11-12-26-23(17-21)24(18-28-26)20-13-15-31(16-14-20)22(5-2)6-3/h7-13,15,17-18,20,22,28H,4-6,14,16H2,1-3H3,(H2,29,30,32). The van der Waals surface area contributed by atoms with E-state index in [0.717, 1.165) is 41.8 Å². The van der Waals surface area contributed by atoms with Crippen LogP contribution in [0.2, 0.25) is 0 Å². The first-order valence-electron chi connectivity index (χ1n) is 11.8. The van der Waals surface area contributed by atoms with Gasteiger partial charge in [0.1, 0.15) is 0 Å². The second-order valence-corrected chi connectivity index (χ2v) is 8.54. The van der Waals surface area contributed by atoms with Gasteiger partial charge >= 0.3 is 6.03 Å². The van der Waals surface area contributed by atoms with Crippen molar-refractivity contribution >= 4 is 28.3 Å². The molecule has 5 nitrogen and oxygen atoms in total. The molecule has 3 aromatic rings. The molecule has 2 aromatic carbocycles. The molecule has 0 aliphatic carbocycles. The van der Waals surface area contributed by atoms with E-state index in [0.29, 0.717) is 12.0 Å². The predicted molar refractivity (Wildman–Crippen MR) is 134 cm³/mol. The first kappa shape index (κ1) is 22.0. The van der Waals surface area contributed by atoms with E-state index in [1.165, 1.54) is 23.8 Å². The fourth-order valence-electron chi connectivity index (χ4n) is 4.76. The van der Waals surface area contributed by atoms with Crippen molar-refractivity contribution in [2.45, 2.75) is 58.4 Å². The van der Waals surface area contributed by atoms with E-state index in [2.05, 4.69) is 65.8 Å². The zero-order valence-corrected chi connectivity index (χ0v) is 19.3. The first-order valence-corrected chi connectivity index (χ1v) is 11.8. The van der Waals surface area contributed by atoms with Gasteiger partial charge in [-0.3, -0.25) is 0 Å². The van der Waals surface area contributed by atoms with Gasteiger partial charge in [-0.05, 0) is 67.3 Å². The summed E-state index contributed by atoms with van der Waals surface area (Å²) < 4.78 is 0. The fourth-order valence-corrected chi connectivity index (χ4v) is 4.76. The number of nitrogens with one attached hydrogen (secondary N) is 3. The normalized spacial score (nSPS) is 16.0. The maximum atomic E-state index is 12.6. The SMILES string of the molecule is CCc1ccccc1NC(=O)Nc1ccc2[nH]cc(C3C=CN(C(CC)CC)CC3)c2c1. The molecule has 1 aliphatic rings. The molecule has 3 N–H and O–H groups in total. The van der Waals surface area contributed by atoms with Gasteiger partial charge in [-0.25, -0.2) is 4.79 Å². The lowest BCUT2D eigenvalue weighted by atomic mass is 9.92. The number of anilines is 2. The second-order valence-electron chi connectivity index (χ2n) is 8.54. The number of hydrogen-bond acceptors (Lipinski definition) is 2. The number of urea groups is 1. The van der Waals surface area contributed by atoms with Crippen LogP contribution in [-0.4, -0.2) is 28.5 Å². The van der Waals surface area contributed by atoms with Gasteiger partial charge in [0.25, 0.3) is 0 Å².